The van der Waals surface area contributed by atoms with Crippen LogP contribution in [-0.2, 0) is 86.0 Å². The molecule has 3 saturated heterocycles. The molecule has 0 unspecified atom stereocenters. The zero-order chi connectivity index (χ0) is 74.2. The predicted octanol–water partition coefficient (Wildman–Crippen LogP) is -7.51. The van der Waals surface area contributed by atoms with Gasteiger partial charge in [0.15, 0.2) is 6.23 Å². The van der Waals surface area contributed by atoms with Crippen molar-refractivity contribution >= 4 is 71.0 Å². The molecule has 3 aliphatic heterocycles. The number of aliphatic hydroxyl groups excluding tert-OH is 8. The highest BCUT2D eigenvalue weighted by Gasteiger charge is 2.50. The molecule has 4 rings (SSSR count). The quantitative estimate of drug-likeness (QED) is 0.0201. The van der Waals surface area contributed by atoms with Gasteiger partial charge in [0.2, 0.25) is 59.1 Å². The van der Waals surface area contributed by atoms with E-state index in [0.717, 1.165) is 35.8 Å². The maximum absolute atomic E-state index is 14.4. The number of phenols is 1. The third kappa shape index (κ3) is 27.7. The highest BCUT2D eigenvalue weighted by molar-refractivity contribution is 5.99. The van der Waals surface area contributed by atoms with E-state index in [1.54, 1.807) is 41.5 Å². The number of benzene rings is 1. The van der Waals surface area contributed by atoms with Gasteiger partial charge < -0.3 is 127 Å². The fraction of sp³-hybridized carbons (Fsp3) is 0.710. The Balaban J connectivity index is 1.32. The molecule has 0 aliphatic carbocycles. The zero-order valence-electron chi connectivity index (χ0n) is 56.8. The zero-order valence-corrected chi connectivity index (χ0v) is 56.8. The highest BCUT2D eigenvalue weighted by Crippen LogP contribution is 2.28. The maximum atomic E-state index is 14.4. The lowest BCUT2D eigenvalue weighted by molar-refractivity contribution is -0.161. The normalized spacial score (nSPS) is 25.3. The number of nitrogens with one attached hydrogen (secondary N) is 8. The topological polar surface area (TPSA) is 545 Å². The average molecular weight is 1420 g/mol. The van der Waals surface area contributed by atoms with Gasteiger partial charge in [0.05, 0.1) is 64.1 Å². The van der Waals surface area contributed by atoms with E-state index in [-0.39, 0.29) is 83.5 Å². The van der Waals surface area contributed by atoms with Gasteiger partial charge in [-0.05, 0) is 79.5 Å². The Labute approximate surface area is 571 Å². The van der Waals surface area contributed by atoms with Crippen LogP contribution < -0.4 is 42.5 Å². The molecule has 0 saturated carbocycles. The third-order valence-corrected chi connectivity index (χ3v) is 15.3. The van der Waals surface area contributed by atoms with E-state index in [1.807, 2.05) is 5.32 Å². The molecule has 0 radical (unpaired) electrons. The molecule has 37 heteroatoms. The van der Waals surface area contributed by atoms with E-state index in [1.165, 1.54) is 19.1 Å². The van der Waals surface area contributed by atoms with Crippen molar-refractivity contribution in [2.45, 2.75) is 197 Å². The van der Waals surface area contributed by atoms with Crippen molar-refractivity contribution in [3.63, 3.8) is 0 Å². The van der Waals surface area contributed by atoms with Crippen molar-refractivity contribution in [3.05, 3.63) is 29.8 Å². The average Bonchev–Trinajstić information content (AvgIpc) is 1.69. The Bertz CT molecular complexity index is 2910. The molecule has 3 aliphatic rings. The number of rotatable bonds is 29. The van der Waals surface area contributed by atoms with Crippen LogP contribution in [-0.4, -0.2) is 302 Å². The Morgan fingerprint density at radius 3 is 1.70 bits per heavy atom. The lowest BCUT2D eigenvalue weighted by Gasteiger charge is -2.34. The van der Waals surface area contributed by atoms with Crippen LogP contribution in [0.2, 0.25) is 0 Å². The van der Waals surface area contributed by atoms with Crippen molar-refractivity contribution in [3.8, 4) is 5.75 Å². The van der Waals surface area contributed by atoms with E-state index >= 15 is 0 Å². The number of carbonyl (C=O) groups excluding carboxylic acids is 12. The van der Waals surface area contributed by atoms with Crippen molar-refractivity contribution in [2.24, 2.45) is 5.92 Å². The number of hydrogen-bond donors (Lipinski definition) is 17. The van der Waals surface area contributed by atoms with Gasteiger partial charge in [-0.1, -0.05) is 19.1 Å². The molecule has 99 heavy (non-hydrogen) atoms. The minimum Gasteiger partial charge on any atom is -0.508 e. The fourth-order valence-electron chi connectivity index (χ4n) is 10.3. The van der Waals surface area contributed by atoms with E-state index in [0.29, 0.717) is 0 Å². The summed E-state index contributed by atoms with van der Waals surface area (Å²) in [6, 6.07) is -8.59. The highest BCUT2D eigenvalue weighted by atomic mass is 16.6. The lowest BCUT2D eigenvalue weighted by atomic mass is 9.96. The van der Waals surface area contributed by atoms with Crippen LogP contribution in [0.1, 0.15) is 106 Å². The molecule has 16 atom stereocenters. The summed E-state index contributed by atoms with van der Waals surface area (Å²) >= 11 is 0. The summed E-state index contributed by atoms with van der Waals surface area (Å²) in [5, 5.41) is 118. The predicted molar refractivity (Wildman–Crippen MR) is 338 cm³/mol. The number of ether oxygens (including phenoxy) is 6. The van der Waals surface area contributed by atoms with Crippen LogP contribution in [0.5, 0.6) is 5.75 Å². The summed E-state index contributed by atoms with van der Waals surface area (Å²) < 4.78 is 32.1. The van der Waals surface area contributed by atoms with Crippen LogP contribution >= 0.6 is 0 Å². The van der Waals surface area contributed by atoms with Crippen molar-refractivity contribution in [2.75, 3.05) is 79.0 Å². The van der Waals surface area contributed by atoms with E-state index in [2.05, 4.69) is 37.2 Å². The molecule has 3 fully saturated rings. The number of hydrogen-bond acceptors (Lipinski definition) is 27. The summed E-state index contributed by atoms with van der Waals surface area (Å²) in [6.45, 7) is 10.9. The van der Waals surface area contributed by atoms with Crippen LogP contribution in [0.25, 0.3) is 0 Å². The monoisotopic (exact) mass is 1410 g/mol. The molecule has 1 aromatic carbocycles. The molecular weight excluding hydrogens is 1320 g/mol. The van der Waals surface area contributed by atoms with Gasteiger partial charge in [-0.2, -0.15) is 0 Å². The number of aliphatic hydroxyl groups is 8. The molecule has 558 valence electrons. The van der Waals surface area contributed by atoms with E-state index in [4.69, 9.17) is 28.4 Å². The van der Waals surface area contributed by atoms with Crippen LogP contribution in [0, 0.1) is 5.92 Å². The van der Waals surface area contributed by atoms with Gasteiger partial charge in [0.1, 0.15) is 97.2 Å². The Hall–Kier alpha value is -7.82. The first kappa shape index (κ1) is 83.6. The number of carbonyl (C=O) groups is 12. The molecule has 3 heterocycles. The van der Waals surface area contributed by atoms with Crippen LogP contribution in [0.3, 0.4) is 0 Å². The second-order valence-corrected chi connectivity index (χ2v) is 26.1. The largest absolute Gasteiger partial charge is 0.508 e. The number of phenolic OH excluding ortho intramolecular Hbond substituents is 1. The Morgan fingerprint density at radius 1 is 0.606 bits per heavy atom. The van der Waals surface area contributed by atoms with Crippen molar-refractivity contribution in [1.82, 2.24) is 52.3 Å². The Kier molecular flexibility index (Phi) is 33.1. The minimum atomic E-state index is -2.35. The minimum absolute atomic E-state index is 0.00359. The van der Waals surface area contributed by atoms with Gasteiger partial charge in [0, 0.05) is 51.4 Å². The van der Waals surface area contributed by atoms with E-state index in [9.17, 15) is 103 Å². The fourth-order valence-corrected chi connectivity index (χ4v) is 10.3. The molecule has 0 bridgehead atoms. The molecule has 17 N–H and O–H groups in total. The maximum Gasteiger partial charge on any atom is 0.329 e. The summed E-state index contributed by atoms with van der Waals surface area (Å²) in [5.74, 6) is -13.3. The molecule has 0 aromatic heterocycles. The van der Waals surface area contributed by atoms with Gasteiger partial charge >= 0.3 is 11.9 Å². The smallest absolute Gasteiger partial charge is 0.329 e. The number of esters is 2. The molecule has 10 amide bonds. The summed E-state index contributed by atoms with van der Waals surface area (Å²) in [6.07, 6.45) is -18.2. The third-order valence-electron chi connectivity index (χ3n) is 15.3. The molecule has 1 aromatic rings. The van der Waals surface area contributed by atoms with Crippen LogP contribution in [0.15, 0.2) is 24.3 Å². The van der Waals surface area contributed by atoms with Gasteiger partial charge in [-0.25, -0.2) is 4.79 Å². The first-order valence-corrected chi connectivity index (χ1v) is 32.2. The summed E-state index contributed by atoms with van der Waals surface area (Å²) in [5.41, 5.74) is -1.84. The summed E-state index contributed by atoms with van der Waals surface area (Å²) in [4.78, 5) is 163. The standard InChI is InChI=1S/C62H98N10O27/c1-31-27-72-49(50(31)83)57(90)70-55(88)40(77)25-38(53(86)67-46(32(2)73)58(91)71-28-36(76)24-39(71)54(87)69-48(56(89)68-47(33(3)74)59(72)92)52(85)51(84)34-10-12-35(75)13-11-34)66-44(81)30-97-23-21-95-19-17-64-43(80)29-96-22-20-94-18-16-63-41(78)15-14-37(60(93)99-62(7,8)9)65-42(79)26-45(82)98-61(4,5)6/h10-13,31-33,36-40,46-52,55,73-77,83-85,88H,14-30H2,1-9H3,(H,63,78)(H,64,80)(H,65,79)(H,66,81)(H,67,86)(H,68,89)(H,69,87)(H,70,90)/t31-,32+,33+,36+,37-,38-,39-,40+,46-,47-,48-,49-,50-,51-,52-,55-/m0/s1. The van der Waals surface area contributed by atoms with Crippen molar-refractivity contribution < 1.29 is 132 Å². The van der Waals surface area contributed by atoms with Gasteiger partial charge in [-0.3, -0.25) is 52.7 Å². The summed E-state index contributed by atoms with van der Waals surface area (Å²) in [7, 11) is 0. The number of nitrogens with zero attached hydrogens (tertiary/aromatic N) is 2. The molecule has 0 spiro atoms. The molecule has 37 nitrogen and oxygen atoms in total. The van der Waals surface area contributed by atoms with Crippen LogP contribution in [0.4, 0.5) is 0 Å². The second kappa shape index (κ2) is 39.2. The number of aromatic hydroxyl groups is 1. The SMILES string of the molecule is C[C@@H](O)[C@@H]1NC(=O)[C@H]([C@H](O)[C@@H](O)c2ccc(O)cc2)NC(=O)[C@@H]2C[C@@H](O)CN2C(=O)[C@H]([C@@H](C)O)NC(=O)[C@@H](NC(=O)COCCOCCNC(=O)COCCOCCNC(=O)CC[C@H](NC(=O)CC(=O)OC(C)(C)C)C(=O)OC(C)(C)C)C[C@@H](O)[C@H](O)NC(=O)[C@@H]2[C@@H](O)[C@@H](C)CN2C1=O. The lowest BCUT2D eigenvalue weighted by Crippen LogP contribution is -2.64. The first-order chi connectivity index (χ1) is 46.3. The number of fused-ring (bicyclic) bond motifs is 2. The van der Waals surface area contributed by atoms with E-state index < -0.39 is 218 Å². The first-order valence-electron chi connectivity index (χ1n) is 32.2. The number of amides is 10. The Morgan fingerprint density at radius 2 is 1.13 bits per heavy atom. The molecular formula is C62H98N10O27. The van der Waals surface area contributed by atoms with Crippen molar-refractivity contribution in [1.29, 1.82) is 0 Å². The van der Waals surface area contributed by atoms with Gasteiger partial charge in [-0.15, -0.1) is 0 Å². The second-order valence-electron chi connectivity index (χ2n) is 26.1. The van der Waals surface area contributed by atoms with Gasteiger partial charge in [0.25, 0.3) is 0 Å².